The van der Waals surface area contributed by atoms with E-state index in [4.69, 9.17) is 0 Å². The average Bonchev–Trinajstić information content (AvgIpc) is 2.74. The first-order valence-electron chi connectivity index (χ1n) is 10.4. The minimum atomic E-state index is 0.0301. The fraction of sp³-hybridized carbons (Fsp3) is 0.400. The van der Waals surface area contributed by atoms with E-state index in [1.807, 2.05) is 38.2 Å². The van der Waals surface area contributed by atoms with Crippen molar-refractivity contribution in [3.05, 3.63) is 59.2 Å². The van der Waals surface area contributed by atoms with Crippen LogP contribution in [0.3, 0.4) is 0 Å². The van der Waals surface area contributed by atoms with Gasteiger partial charge in [0.15, 0.2) is 0 Å². The van der Waals surface area contributed by atoms with Crippen LogP contribution in [0.25, 0.3) is 12.2 Å². The maximum Gasteiger partial charge on any atom is 0.234 e. The third-order valence-corrected chi connectivity index (χ3v) is 6.78. The number of carbonyl (C=O) groups is 1. The van der Waals surface area contributed by atoms with Crippen molar-refractivity contribution in [1.29, 1.82) is 0 Å². The van der Waals surface area contributed by atoms with Gasteiger partial charge in [0, 0.05) is 43.3 Å². The van der Waals surface area contributed by atoms with Crippen LogP contribution >= 0.6 is 23.5 Å². The van der Waals surface area contributed by atoms with Crippen LogP contribution in [-0.4, -0.2) is 49.6 Å². The topological polar surface area (TPSA) is 44.4 Å². The number of nitrogens with zero attached hydrogens (tertiary/aromatic N) is 1. The van der Waals surface area contributed by atoms with E-state index in [9.17, 15) is 4.79 Å². The highest BCUT2D eigenvalue weighted by Gasteiger charge is 2.15. The largest absolute Gasteiger partial charge is 0.378 e. The number of anilines is 2. The van der Waals surface area contributed by atoms with Crippen LogP contribution in [0.5, 0.6) is 0 Å². The monoisotopic (exact) mass is 457 g/mol. The highest BCUT2D eigenvalue weighted by molar-refractivity contribution is 8.00. The summed E-state index contributed by atoms with van der Waals surface area (Å²) in [5.41, 5.74) is 5.42. The Morgan fingerprint density at radius 3 is 2.29 bits per heavy atom. The quantitative estimate of drug-likeness (QED) is 0.439. The Hall–Kier alpha value is -1.89. The smallest absolute Gasteiger partial charge is 0.234 e. The van der Waals surface area contributed by atoms with Gasteiger partial charge in [-0.15, -0.1) is 0 Å². The van der Waals surface area contributed by atoms with Crippen LogP contribution in [0.1, 0.15) is 30.5 Å². The lowest BCUT2D eigenvalue weighted by molar-refractivity contribution is -0.113. The van der Waals surface area contributed by atoms with Crippen molar-refractivity contribution in [2.75, 3.05) is 49.1 Å². The van der Waals surface area contributed by atoms with Crippen molar-refractivity contribution in [2.24, 2.45) is 0 Å². The van der Waals surface area contributed by atoms with Gasteiger partial charge in [0.2, 0.25) is 5.91 Å². The highest BCUT2D eigenvalue weighted by atomic mass is 32.2. The minimum absolute atomic E-state index is 0.0301. The number of rotatable bonds is 11. The standard InChI is InChI=1S/C25H35N3OS2/c1-25(2,31-6)18-26-16-21-15-20(11-14-23(21)27-24(29)17-30-5)8-7-19-9-12-22(13-10-19)28(3)4/h7-15,26H,16-18H2,1-6H3,(H,27,29)/b8-7+. The summed E-state index contributed by atoms with van der Waals surface area (Å²) in [4.78, 5) is 14.2. The first-order chi connectivity index (χ1) is 14.7. The van der Waals surface area contributed by atoms with E-state index in [1.165, 1.54) is 17.4 Å². The third-order valence-electron chi connectivity index (χ3n) is 4.98. The summed E-state index contributed by atoms with van der Waals surface area (Å²) >= 11 is 3.37. The predicted octanol–water partition coefficient (Wildman–Crippen LogP) is 5.46. The molecule has 0 aliphatic carbocycles. The second-order valence-electron chi connectivity index (χ2n) is 8.28. The molecule has 0 aliphatic heterocycles. The lowest BCUT2D eigenvalue weighted by Crippen LogP contribution is -2.31. The van der Waals surface area contributed by atoms with Gasteiger partial charge in [0.25, 0.3) is 0 Å². The van der Waals surface area contributed by atoms with Gasteiger partial charge in [-0.25, -0.2) is 0 Å². The molecule has 2 N–H and O–H groups in total. The summed E-state index contributed by atoms with van der Waals surface area (Å²) in [5, 5.41) is 6.61. The van der Waals surface area contributed by atoms with Crippen molar-refractivity contribution in [3.63, 3.8) is 0 Å². The molecule has 0 bridgehead atoms. The summed E-state index contributed by atoms with van der Waals surface area (Å²) in [6.07, 6.45) is 8.31. The van der Waals surface area contributed by atoms with Crippen LogP contribution < -0.4 is 15.5 Å². The molecule has 2 aromatic carbocycles. The second-order valence-corrected chi connectivity index (χ2v) is 10.7. The van der Waals surface area contributed by atoms with Crippen molar-refractivity contribution in [2.45, 2.75) is 25.1 Å². The van der Waals surface area contributed by atoms with Gasteiger partial charge in [0.05, 0.1) is 5.75 Å². The molecule has 0 saturated heterocycles. The van der Waals surface area contributed by atoms with Crippen LogP contribution in [0.4, 0.5) is 11.4 Å². The van der Waals surface area contributed by atoms with E-state index in [2.05, 4.69) is 84.2 Å². The molecule has 2 aromatic rings. The summed E-state index contributed by atoms with van der Waals surface area (Å²) in [5.74, 6) is 0.485. The third kappa shape index (κ3) is 8.63. The fourth-order valence-corrected chi connectivity index (χ4v) is 3.53. The van der Waals surface area contributed by atoms with E-state index in [-0.39, 0.29) is 10.7 Å². The molecule has 6 heteroatoms. The summed E-state index contributed by atoms with van der Waals surface area (Å²) < 4.78 is 0.165. The Balaban J connectivity index is 2.18. The molecule has 1 amide bonds. The lowest BCUT2D eigenvalue weighted by Gasteiger charge is -2.23. The Labute approximate surface area is 196 Å². The fourth-order valence-electron chi connectivity index (χ4n) is 2.95. The molecule has 4 nitrogen and oxygen atoms in total. The molecule has 0 atom stereocenters. The molecule has 0 radical (unpaired) electrons. The number of carbonyl (C=O) groups excluding carboxylic acids is 1. The van der Waals surface area contributed by atoms with E-state index in [1.54, 1.807) is 0 Å². The summed E-state index contributed by atoms with van der Waals surface area (Å²) in [7, 11) is 4.08. The molecular weight excluding hydrogens is 422 g/mol. The maximum atomic E-state index is 12.1. The Morgan fingerprint density at radius 1 is 1.03 bits per heavy atom. The van der Waals surface area contributed by atoms with Crippen LogP contribution in [0, 0.1) is 0 Å². The number of thioether (sulfide) groups is 2. The number of amides is 1. The zero-order valence-corrected chi connectivity index (χ0v) is 21.1. The first kappa shape index (κ1) is 25.4. The van der Waals surface area contributed by atoms with E-state index in [0.29, 0.717) is 12.3 Å². The predicted molar refractivity (Wildman–Crippen MR) is 142 cm³/mol. The van der Waals surface area contributed by atoms with Crippen molar-refractivity contribution in [3.8, 4) is 0 Å². The van der Waals surface area contributed by atoms with Gasteiger partial charge >= 0.3 is 0 Å². The zero-order chi connectivity index (χ0) is 22.9. The normalized spacial score (nSPS) is 11.7. The van der Waals surface area contributed by atoms with Crippen molar-refractivity contribution >= 4 is 53.0 Å². The van der Waals surface area contributed by atoms with E-state index < -0.39 is 0 Å². The molecule has 31 heavy (non-hydrogen) atoms. The van der Waals surface area contributed by atoms with Crippen LogP contribution in [-0.2, 0) is 11.3 Å². The van der Waals surface area contributed by atoms with E-state index in [0.717, 1.165) is 28.9 Å². The lowest BCUT2D eigenvalue weighted by atomic mass is 10.1. The van der Waals surface area contributed by atoms with E-state index >= 15 is 0 Å². The van der Waals surface area contributed by atoms with Gasteiger partial charge < -0.3 is 15.5 Å². The van der Waals surface area contributed by atoms with Crippen molar-refractivity contribution < 1.29 is 4.79 Å². The molecule has 0 heterocycles. The molecule has 0 saturated carbocycles. The molecule has 0 spiro atoms. The first-order valence-corrected chi connectivity index (χ1v) is 13.0. The second kappa shape index (κ2) is 12.2. The SMILES string of the molecule is CSCC(=O)Nc1ccc(/C=C/c2ccc(N(C)C)cc2)cc1CNCC(C)(C)SC. The zero-order valence-electron chi connectivity index (χ0n) is 19.5. The number of benzene rings is 2. The molecule has 168 valence electrons. The number of nitrogens with one attached hydrogen (secondary N) is 2. The van der Waals surface area contributed by atoms with Crippen LogP contribution in [0.2, 0.25) is 0 Å². The van der Waals surface area contributed by atoms with Gasteiger partial charge in [-0.05, 0) is 67.3 Å². The molecular formula is C25H35N3OS2. The molecule has 0 aromatic heterocycles. The Morgan fingerprint density at radius 2 is 1.68 bits per heavy atom. The molecule has 0 aliphatic rings. The number of hydrogen-bond acceptors (Lipinski definition) is 5. The Kier molecular flexibility index (Phi) is 10.0. The minimum Gasteiger partial charge on any atom is -0.378 e. The highest BCUT2D eigenvalue weighted by Crippen LogP contribution is 2.23. The van der Waals surface area contributed by atoms with Gasteiger partial charge in [-0.1, -0.05) is 30.4 Å². The summed E-state index contributed by atoms with van der Waals surface area (Å²) in [6, 6.07) is 14.7. The van der Waals surface area contributed by atoms with Crippen molar-refractivity contribution in [1.82, 2.24) is 5.32 Å². The molecule has 0 unspecified atom stereocenters. The summed E-state index contributed by atoms with van der Waals surface area (Å²) in [6.45, 7) is 6.06. The molecule has 2 rings (SSSR count). The number of hydrogen-bond donors (Lipinski definition) is 2. The maximum absolute atomic E-state index is 12.1. The average molecular weight is 458 g/mol. The van der Waals surface area contributed by atoms with Gasteiger partial charge in [0.1, 0.15) is 0 Å². The van der Waals surface area contributed by atoms with Gasteiger partial charge in [-0.3, -0.25) is 4.79 Å². The van der Waals surface area contributed by atoms with Crippen LogP contribution in [0.15, 0.2) is 42.5 Å². The molecule has 0 fully saturated rings. The Bertz CT molecular complexity index is 877. The van der Waals surface area contributed by atoms with Gasteiger partial charge in [-0.2, -0.15) is 23.5 Å².